The number of carbonyl (C=O) groups is 1. The third kappa shape index (κ3) is 3.51. The number of piperazine rings is 1. The molecule has 0 aliphatic carbocycles. The van der Waals surface area contributed by atoms with Crippen LogP contribution in [0.2, 0.25) is 0 Å². The van der Waals surface area contributed by atoms with E-state index in [1.807, 2.05) is 41.0 Å². The maximum absolute atomic E-state index is 12.6. The zero-order chi connectivity index (χ0) is 16.4. The second-order valence-electron chi connectivity index (χ2n) is 6.96. The van der Waals surface area contributed by atoms with E-state index in [1.54, 1.807) is 0 Å². The summed E-state index contributed by atoms with van der Waals surface area (Å²) in [5, 5.41) is 10.9. The van der Waals surface area contributed by atoms with Gasteiger partial charge in [0.1, 0.15) is 0 Å². The highest BCUT2D eigenvalue weighted by Gasteiger charge is 2.36. The molecular weight excluding hydrogens is 290 g/mol. The number of likely N-dealkylation sites (N-methyl/N-ethyl adjacent to an activating group) is 1. The van der Waals surface area contributed by atoms with Crippen molar-refractivity contribution in [3.63, 3.8) is 0 Å². The SMILES string of the molecule is Cc1ccc(C2(O)CCN(C(=O)N3CCN(C)CC3)CC2)cc1. The van der Waals surface area contributed by atoms with Gasteiger partial charge >= 0.3 is 6.03 Å². The van der Waals surface area contributed by atoms with E-state index in [2.05, 4.69) is 11.9 Å². The number of aryl methyl sites for hydroxylation is 1. The largest absolute Gasteiger partial charge is 0.385 e. The van der Waals surface area contributed by atoms with Gasteiger partial charge in [-0.05, 0) is 32.4 Å². The van der Waals surface area contributed by atoms with Crippen LogP contribution in [0, 0.1) is 6.92 Å². The third-order valence-electron chi connectivity index (χ3n) is 5.22. The van der Waals surface area contributed by atoms with Gasteiger partial charge < -0.3 is 19.8 Å². The van der Waals surface area contributed by atoms with Gasteiger partial charge in [-0.2, -0.15) is 0 Å². The average molecular weight is 317 g/mol. The molecule has 0 unspecified atom stereocenters. The molecule has 2 fully saturated rings. The van der Waals surface area contributed by atoms with E-state index >= 15 is 0 Å². The minimum absolute atomic E-state index is 0.129. The maximum atomic E-state index is 12.6. The van der Waals surface area contributed by atoms with E-state index in [0.717, 1.165) is 31.7 Å². The monoisotopic (exact) mass is 317 g/mol. The van der Waals surface area contributed by atoms with E-state index in [4.69, 9.17) is 0 Å². The molecule has 1 aromatic rings. The Morgan fingerprint density at radius 2 is 1.48 bits per heavy atom. The fourth-order valence-electron chi connectivity index (χ4n) is 3.42. The molecule has 1 aromatic carbocycles. The number of nitrogens with zero attached hydrogens (tertiary/aromatic N) is 3. The number of amides is 2. The first-order chi connectivity index (χ1) is 11.0. The summed E-state index contributed by atoms with van der Waals surface area (Å²) < 4.78 is 0. The minimum Gasteiger partial charge on any atom is -0.385 e. The summed E-state index contributed by atoms with van der Waals surface area (Å²) in [6.07, 6.45) is 1.21. The number of hydrogen-bond donors (Lipinski definition) is 1. The van der Waals surface area contributed by atoms with Crippen molar-refractivity contribution in [2.75, 3.05) is 46.3 Å². The Labute approximate surface area is 138 Å². The lowest BCUT2D eigenvalue weighted by Crippen LogP contribution is -2.54. The molecule has 3 rings (SSSR count). The van der Waals surface area contributed by atoms with Crippen LogP contribution in [0.4, 0.5) is 4.79 Å². The van der Waals surface area contributed by atoms with Crippen LogP contribution in [0.1, 0.15) is 24.0 Å². The topological polar surface area (TPSA) is 47.0 Å². The molecule has 2 aliphatic heterocycles. The number of carbonyl (C=O) groups excluding carboxylic acids is 1. The van der Waals surface area contributed by atoms with Crippen molar-refractivity contribution in [1.29, 1.82) is 0 Å². The molecule has 23 heavy (non-hydrogen) atoms. The number of urea groups is 1. The van der Waals surface area contributed by atoms with Crippen LogP contribution in [-0.4, -0.2) is 72.2 Å². The third-order valence-corrected chi connectivity index (χ3v) is 5.22. The van der Waals surface area contributed by atoms with Crippen LogP contribution in [0.5, 0.6) is 0 Å². The number of benzene rings is 1. The van der Waals surface area contributed by atoms with E-state index in [0.29, 0.717) is 25.9 Å². The lowest BCUT2D eigenvalue weighted by atomic mass is 9.84. The molecule has 0 saturated carbocycles. The quantitative estimate of drug-likeness (QED) is 0.857. The molecule has 126 valence electrons. The van der Waals surface area contributed by atoms with Crippen LogP contribution in [0.15, 0.2) is 24.3 Å². The fourth-order valence-corrected chi connectivity index (χ4v) is 3.42. The zero-order valence-corrected chi connectivity index (χ0v) is 14.2. The van der Waals surface area contributed by atoms with Gasteiger partial charge in [0.25, 0.3) is 0 Å². The van der Waals surface area contributed by atoms with Crippen molar-refractivity contribution >= 4 is 6.03 Å². The van der Waals surface area contributed by atoms with E-state index < -0.39 is 5.60 Å². The molecule has 5 heteroatoms. The highest BCUT2D eigenvalue weighted by molar-refractivity contribution is 5.74. The summed E-state index contributed by atoms with van der Waals surface area (Å²) in [6.45, 7) is 6.76. The predicted octanol–water partition coefficient (Wildman–Crippen LogP) is 1.65. The molecule has 5 nitrogen and oxygen atoms in total. The van der Waals surface area contributed by atoms with Gasteiger partial charge in [-0.25, -0.2) is 4.79 Å². The number of likely N-dealkylation sites (tertiary alicyclic amines) is 1. The summed E-state index contributed by atoms with van der Waals surface area (Å²) >= 11 is 0. The van der Waals surface area contributed by atoms with Gasteiger partial charge in [0.05, 0.1) is 5.60 Å². The van der Waals surface area contributed by atoms with Crippen molar-refractivity contribution in [2.45, 2.75) is 25.4 Å². The van der Waals surface area contributed by atoms with Crippen LogP contribution >= 0.6 is 0 Å². The fraction of sp³-hybridized carbons (Fsp3) is 0.611. The Kier molecular flexibility index (Phi) is 4.60. The highest BCUT2D eigenvalue weighted by atomic mass is 16.3. The van der Waals surface area contributed by atoms with Gasteiger partial charge in [-0.15, -0.1) is 0 Å². The zero-order valence-electron chi connectivity index (χ0n) is 14.2. The van der Waals surface area contributed by atoms with Gasteiger partial charge in [-0.1, -0.05) is 29.8 Å². The van der Waals surface area contributed by atoms with Gasteiger partial charge in [-0.3, -0.25) is 0 Å². The lowest BCUT2D eigenvalue weighted by molar-refractivity contribution is -0.0207. The predicted molar refractivity (Wildman–Crippen MR) is 90.3 cm³/mol. The first kappa shape index (κ1) is 16.3. The summed E-state index contributed by atoms with van der Waals surface area (Å²) in [4.78, 5) is 18.7. The highest BCUT2D eigenvalue weighted by Crippen LogP contribution is 2.33. The Morgan fingerprint density at radius 3 is 2.04 bits per heavy atom. The molecule has 2 aliphatic rings. The summed E-state index contributed by atoms with van der Waals surface area (Å²) in [5.41, 5.74) is 1.36. The smallest absolute Gasteiger partial charge is 0.320 e. The van der Waals surface area contributed by atoms with E-state index in [1.165, 1.54) is 5.56 Å². The van der Waals surface area contributed by atoms with Crippen molar-refractivity contribution in [3.8, 4) is 0 Å². The van der Waals surface area contributed by atoms with Crippen molar-refractivity contribution < 1.29 is 9.90 Å². The molecule has 0 bridgehead atoms. The van der Waals surface area contributed by atoms with Crippen molar-refractivity contribution in [3.05, 3.63) is 35.4 Å². The maximum Gasteiger partial charge on any atom is 0.320 e. The van der Waals surface area contributed by atoms with Crippen LogP contribution in [-0.2, 0) is 5.60 Å². The van der Waals surface area contributed by atoms with Crippen molar-refractivity contribution in [1.82, 2.24) is 14.7 Å². The van der Waals surface area contributed by atoms with E-state index in [9.17, 15) is 9.90 Å². The number of rotatable bonds is 1. The van der Waals surface area contributed by atoms with Crippen LogP contribution in [0.3, 0.4) is 0 Å². The lowest BCUT2D eigenvalue weighted by Gasteiger charge is -2.42. The molecule has 2 amide bonds. The molecule has 0 spiro atoms. The molecule has 2 heterocycles. The van der Waals surface area contributed by atoms with Gasteiger partial charge in [0.15, 0.2) is 0 Å². The summed E-state index contributed by atoms with van der Waals surface area (Å²) in [7, 11) is 2.09. The van der Waals surface area contributed by atoms with Gasteiger partial charge in [0.2, 0.25) is 0 Å². The normalized spacial score (nSPS) is 22.2. The number of hydrogen-bond acceptors (Lipinski definition) is 3. The molecule has 1 N–H and O–H groups in total. The summed E-state index contributed by atoms with van der Waals surface area (Å²) in [5.74, 6) is 0. The Bertz CT molecular complexity index is 542. The Morgan fingerprint density at radius 1 is 0.957 bits per heavy atom. The first-order valence-electron chi connectivity index (χ1n) is 8.50. The molecule has 0 aromatic heterocycles. The Balaban J connectivity index is 1.59. The van der Waals surface area contributed by atoms with Crippen molar-refractivity contribution in [2.24, 2.45) is 0 Å². The van der Waals surface area contributed by atoms with Crippen LogP contribution in [0.25, 0.3) is 0 Å². The summed E-state index contributed by atoms with van der Waals surface area (Å²) in [6, 6.07) is 8.22. The Hall–Kier alpha value is -1.59. The first-order valence-corrected chi connectivity index (χ1v) is 8.50. The molecular formula is C18H27N3O2. The number of aliphatic hydroxyl groups is 1. The molecule has 0 radical (unpaired) electrons. The van der Waals surface area contributed by atoms with Crippen LogP contribution < -0.4 is 0 Å². The molecule has 0 atom stereocenters. The average Bonchev–Trinajstić information content (AvgIpc) is 2.56. The minimum atomic E-state index is -0.799. The van der Waals surface area contributed by atoms with E-state index in [-0.39, 0.29) is 6.03 Å². The molecule has 2 saturated heterocycles. The van der Waals surface area contributed by atoms with Gasteiger partial charge in [0, 0.05) is 39.3 Å². The standard InChI is InChI=1S/C18H27N3O2/c1-15-3-5-16(6-4-15)18(23)7-9-20(10-8-18)17(22)21-13-11-19(2)12-14-21/h3-6,23H,7-14H2,1-2H3. The second-order valence-corrected chi connectivity index (χ2v) is 6.96. The number of piperidine rings is 1. The second kappa shape index (κ2) is 6.49.